The van der Waals surface area contributed by atoms with Gasteiger partial charge < -0.3 is 9.80 Å². The molecule has 1 atom stereocenters. The Balaban J connectivity index is 1.64. The van der Waals surface area contributed by atoms with Gasteiger partial charge in [0.05, 0.1) is 17.1 Å². The van der Waals surface area contributed by atoms with E-state index in [1.807, 2.05) is 11.0 Å². The summed E-state index contributed by atoms with van der Waals surface area (Å²) in [5.41, 5.74) is 1.57. The Morgan fingerprint density at radius 2 is 1.96 bits per heavy atom. The Labute approximate surface area is 162 Å². The van der Waals surface area contributed by atoms with Crippen molar-refractivity contribution in [1.29, 1.82) is 0 Å². The van der Waals surface area contributed by atoms with Gasteiger partial charge in [-0.15, -0.1) is 0 Å². The topological polar surface area (TPSA) is 67.2 Å². The van der Waals surface area contributed by atoms with Crippen LogP contribution in [0.4, 0.5) is 16.0 Å². The van der Waals surface area contributed by atoms with E-state index in [1.54, 1.807) is 36.0 Å². The zero-order chi connectivity index (χ0) is 19.7. The zero-order valence-electron chi connectivity index (χ0n) is 15.8. The summed E-state index contributed by atoms with van der Waals surface area (Å²) in [7, 11) is 1.71. The first-order valence-corrected chi connectivity index (χ1v) is 9.15. The lowest BCUT2D eigenvalue weighted by atomic mass is 10.1. The molecule has 1 saturated heterocycles. The molecule has 0 radical (unpaired) electrons. The monoisotopic (exact) mass is 380 g/mol. The number of hydrogen-bond acceptors (Lipinski definition) is 6. The summed E-state index contributed by atoms with van der Waals surface area (Å²) in [5.74, 6) is 0.362. The summed E-state index contributed by atoms with van der Waals surface area (Å²) in [4.78, 5) is 29.4. The molecule has 1 unspecified atom stereocenters. The second-order valence-electron chi connectivity index (χ2n) is 6.87. The highest BCUT2D eigenvalue weighted by Crippen LogP contribution is 2.25. The van der Waals surface area contributed by atoms with Crippen molar-refractivity contribution in [1.82, 2.24) is 19.5 Å². The minimum absolute atomic E-state index is 0.0482. The van der Waals surface area contributed by atoms with Crippen LogP contribution in [0.3, 0.4) is 0 Å². The molecule has 0 saturated carbocycles. The third-order valence-electron chi connectivity index (χ3n) is 5.03. The number of aromatic nitrogens is 4. The Kier molecular flexibility index (Phi) is 4.77. The summed E-state index contributed by atoms with van der Waals surface area (Å²) in [6.07, 6.45) is 3.06. The average Bonchev–Trinajstić information content (AvgIpc) is 2.71. The van der Waals surface area contributed by atoms with Crippen LogP contribution in [0.1, 0.15) is 6.92 Å². The van der Waals surface area contributed by atoms with E-state index < -0.39 is 0 Å². The van der Waals surface area contributed by atoms with E-state index in [1.165, 1.54) is 18.5 Å². The van der Waals surface area contributed by atoms with Crippen molar-refractivity contribution in [3.8, 4) is 11.4 Å². The van der Waals surface area contributed by atoms with Crippen molar-refractivity contribution < 1.29 is 4.39 Å². The Morgan fingerprint density at radius 3 is 2.68 bits per heavy atom. The highest BCUT2D eigenvalue weighted by atomic mass is 19.1. The van der Waals surface area contributed by atoms with Crippen LogP contribution in [0.2, 0.25) is 0 Å². The molecule has 7 nitrogen and oxygen atoms in total. The molecular weight excluding hydrogens is 359 g/mol. The number of piperazine rings is 1. The molecule has 28 heavy (non-hydrogen) atoms. The lowest BCUT2D eigenvalue weighted by molar-refractivity contribution is 0.520. The highest BCUT2D eigenvalue weighted by molar-refractivity contribution is 5.56. The van der Waals surface area contributed by atoms with Crippen LogP contribution >= 0.6 is 0 Å². The molecular formula is C20H21FN6O. The van der Waals surface area contributed by atoms with Crippen molar-refractivity contribution in [3.05, 3.63) is 65.1 Å². The van der Waals surface area contributed by atoms with Gasteiger partial charge in [-0.2, -0.15) is 0 Å². The summed E-state index contributed by atoms with van der Waals surface area (Å²) in [6.45, 7) is 3.95. The number of halogens is 1. The third kappa shape index (κ3) is 3.33. The fraction of sp³-hybridized carbons (Fsp3) is 0.300. The second kappa shape index (κ2) is 7.38. The van der Waals surface area contributed by atoms with Crippen molar-refractivity contribution in [2.24, 2.45) is 7.05 Å². The number of rotatable bonds is 3. The van der Waals surface area contributed by atoms with Crippen LogP contribution in [0.25, 0.3) is 11.4 Å². The predicted octanol–water partition coefficient (Wildman–Crippen LogP) is 2.09. The molecule has 1 aliphatic heterocycles. The molecule has 144 valence electrons. The van der Waals surface area contributed by atoms with Crippen LogP contribution in [0.5, 0.6) is 0 Å². The minimum atomic E-state index is -0.223. The van der Waals surface area contributed by atoms with E-state index in [-0.39, 0.29) is 17.4 Å². The zero-order valence-corrected chi connectivity index (χ0v) is 15.8. The molecule has 0 aliphatic carbocycles. The molecule has 0 amide bonds. The van der Waals surface area contributed by atoms with Crippen molar-refractivity contribution >= 4 is 11.6 Å². The Hall–Kier alpha value is -3.29. The Morgan fingerprint density at radius 1 is 1.14 bits per heavy atom. The minimum Gasteiger partial charge on any atom is -0.365 e. The van der Waals surface area contributed by atoms with Crippen molar-refractivity contribution in [2.75, 3.05) is 29.4 Å². The van der Waals surface area contributed by atoms with Crippen molar-refractivity contribution in [3.63, 3.8) is 0 Å². The molecule has 0 N–H and O–H groups in total. The molecule has 0 spiro atoms. The quantitative estimate of drug-likeness (QED) is 0.693. The number of para-hydroxylation sites is 1. The normalized spacial score (nSPS) is 17.0. The van der Waals surface area contributed by atoms with Gasteiger partial charge in [0.2, 0.25) is 5.95 Å². The number of nitrogens with zero attached hydrogens (tertiary/aromatic N) is 6. The van der Waals surface area contributed by atoms with E-state index in [0.717, 1.165) is 0 Å². The number of hydrogen-bond donors (Lipinski definition) is 0. The number of anilines is 2. The van der Waals surface area contributed by atoms with Gasteiger partial charge in [0.25, 0.3) is 5.56 Å². The lowest BCUT2D eigenvalue weighted by Gasteiger charge is -2.42. The van der Waals surface area contributed by atoms with Crippen LogP contribution in [-0.4, -0.2) is 45.2 Å². The molecule has 1 fully saturated rings. The molecule has 4 rings (SSSR count). The molecule has 2 aromatic heterocycles. The van der Waals surface area contributed by atoms with Gasteiger partial charge in [-0.05, 0) is 25.1 Å². The maximum atomic E-state index is 14.2. The summed E-state index contributed by atoms with van der Waals surface area (Å²) in [6, 6.07) is 10.1. The first-order chi connectivity index (χ1) is 13.5. The first-order valence-electron chi connectivity index (χ1n) is 9.15. The molecule has 8 heteroatoms. The molecule has 1 aliphatic rings. The standard InChI is InChI=1S/C20H21FN6O/c1-14-12-26(18-6-4-3-5-15(18)21)9-10-27(14)20-24-17(11-19(28)25(20)2)16-7-8-22-13-23-16/h3-8,11,13-14H,9-10,12H2,1-2H3. The van der Waals surface area contributed by atoms with Gasteiger partial charge in [0.15, 0.2) is 0 Å². The maximum Gasteiger partial charge on any atom is 0.255 e. The molecule has 1 aromatic carbocycles. The fourth-order valence-corrected chi connectivity index (χ4v) is 3.54. The first kappa shape index (κ1) is 18.1. The van der Waals surface area contributed by atoms with Crippen LogP contribution in [-0.2, 0) is 7.05 Å². The van der Waals surface area contributed by atoms with Crippen LogP contribution in [0.15, 0.2) is 53.7 Å². The average molecular weight is 380 g/mol. The van der Waals surface area contributed by atoms with Crippen molar-refractivity contribution in [2.45, 2.75) is 13.0 Å². The summed E-state index contributed by atoms with van der Waals surface area (Å²) >= 11 is 0. The highest BCUT2D eigenvalue weighted by Gasteiger charge is 2.28. The molecule has 0 bridgehead atoms. The summed E-state index contributed by atoms with van der Waals surface area (Å²) < 4.78 is 15.7. The largest absolute Gasteiger partial charge is 0.365 e. The van der Waals surface area contributed by atoms with Gasteiger partial charge in [0, 0.05) is 45.0 Å². The second-order valence-corrected chi connectivity index (χ2v) is 6.87. The fourth-order valence-electron chi connectivity index (χ4n) is 3.54. The SMILES string of the molecule is CC1CN(c2ccccc2F)CCN1c1nc(-c2ccncn2)cc(=O)n1C. The predicted molar refractivity (Wildman–Crippen MR) is 106 cm³/mol. The molecule has 3 heterocycles. The van der Waals surface area contributed by atoms with Gasteiger partial charge >= 0.3 is 0 Å². The van der Waals surface area contributed by atoms with E-state index >= 15 is 0 Å². The van der Waals surface area contributed by atoms with Gasteiger partial charge in [-0.1, -0.05) is 12.1 Å². The van der Waals surface area contributed by atoms with E-state index in [4.69, 9.17) is 4.98 Å². The van der Waals surface area contributed by atoms with Crippen LogP contribution in [0, 0.1) is 5.82 Å². The van der Waals surface area contributed by atoms with E-state index in [0.29, 0.717) is 42.7 Å². The van der Waals surface area contributed by atoms with E-state index in [2.05, 4.69) is 21.8 Å². The Bertz CT molecular complexity index is 1040. The summed E-state index contributed by atoms with van der Waals surface area (Å²) in [5, 5.41) is 0. The lowest BCUT2D eigenvalue weighted by Crippen LogP contribution is -2.53. The molecule has 3 aromatic rings. The smallest absolute Gasteiger partial charge is 0.255 e. The van der Waals surface area contributed by atoms with Gasteiger partial charge in [-0.3, -0.25) is 9.36 Å². The van der Waals surface area contributed by atoms with Gasteiger partial charge in [-0.25, -0.2) is 19.3 Å². The van der Waals surface area contributed by atoms with Gasteiger partial charge in [0.1, 0.15) is 12.1 Å². The van der Waals surface area contributed by atoms with Crippen LogP contribution < -0.4 is 15.4 Å². The third-order valence-corrected chi connectivity index (χ3v) is 5.03. The number of benzene rings is 1. The van der Waals surface area contributed by atoms with E-state index in [9.17, 15) is 9.18 Å². The maximum absolute atomic E-state index is 14.2.